The van der Waals surface area contributed by atoms with Gasteiger partial charge in [-0.15, -0.1) is 0 Å². The number of nitrogens with zero attached hydrogens (tertiary/aromatic N) is 4. The molecule has 1 amide bonds. The fraction of sp³-hybridized carbons (Fsp3) is 0.400. The van der Waals surface area contributed by atoms with E-state index < -0.39 is 32.0 Å². The van der Waals surface area contributed by atoms with Crippen molar-refractivity contribution < 1.29 is 22.3 Å². The van der Waals surface area contributed by atoms with E-state index in [1.54, 1.807) is 6.92 Å². The van der Waals surface area contributed by atoms with Crippen LogP contribution < -0.4 is 15.8 Å². The number of carbonyl (C=O) groups excluding carboxylic acids is 1. The minimum atomic E-state index is -3.83. The number of hydrogen-bond acceptors (Lipinski definition) is 8. The lowest BCUT2D eigenvalue weighted by Gasteiger charge is -2.29. The van der Waals surface area contributed by atoms with Crippen LogP contribution in [0.5, 0.6) is 5.88 Å². The maximum atomic E-state index is 14.9. The van der Waals surface area contributed by atoms with Gasteiger partial charge in [-0.1, -0.05) is 0 Å². The molecule has 1 aliphatic heterocycles. The van der Waals surface area contributed by atoms with E-state index in [1.165, 1.54) is 58.6 Å². The van der Waals surface area contributed by atoms with E-state index in [2.05, 4.69) is 20.3 Å². The molecule has 3 N–H and O–H groups in total. The van der Waals surface area contributed by atoms with Crippen LogP contribution in [-0.4, -0.2) is 59.9 Å². The molecular formula is C20H25FN6O4S. The lowest BCUT2D eigenvalue weighted by atomic mass is 9.91. The lowest BCUT2D eigenvalue weighted by Crippen LogP contribution is -2.50. The van der Waals surface area contributed by atoms with E-state index >= 15 is 0 Å². The minimum absolute atomic E-state index is 0.0344. The summed E-state index contributed by atoms with van der Waals surface area (Å²) in [5.41, 5.74) is 5.12. The number of likely N-dealkylation sites (N-methyl/N-ethyl adjacent to an activating group) is 1. The Labute approximate surface area is 185 Å². The van der Waals surface area contributed by atoms with Crippen molar-refractivity contribution in [2.45, 2.75) is 31.1 Å². The minimum Gasteiger partial charge on any atom is -0.480 e. The number of carbonyl (C=O) groups is 1. The molecule has 0 bridgehead atoms. The van der Waals surface area contributed by atoms with Crippen molar-refractivity contribution in [3.05, 3.63) is 47.7 Å². The van der Waals surface area contributed by atoms with Gasteiger partial charge in [0.2, 0.25) is 15.9 Å². The zero-order chi connectivity index (χ0) is 23.9. The van der Waals surface area contributed by atoms with E-state index in [0.29, 0.717) is 0 Å². The van der Waals surface area contributed by atoms with Crippen LogP contribution in [0.3, 0.4) is 0 Å². The predicted molar refractivity (Wildman–Crippen MR) is 118 cm³/mol. The number of aromatic nitrogens is 2. The molecule has 2 heterocycles. The summed E-state index contributed by atoms with van der Waals surface area (Å²) in [6.07, 6.45) is 2.55. The molecule has 2 aromatic rings. The normalized spacial score (nSPS) is 22.5. The Balaban J connectivity index is 1.99. The van der Waals surface area contributed by atoms with Crippen molar-refractivity contribution in [2.75, 3.05) is 26.0 Å². The molecule has 0 aliphatic carbocycles. The van der Waals surface area contributed by atoms with Gasteiger partial charge in [-0.2, -0.15) is 0 Å². The zero-order valence-electron chi connectivity index (χ0n) is 18.4. The first-order valence-corrected chi connectivity index (χ1v) is 11.0. The van der Waals surface area contributed by atoms with Crippen LogP contribution in [0, 0.1) is 5.82 Å². The molecule has 1 aromatic heterocycles. The van der Waals surface area contributed by atoms with Gasteiger partial charge in [-0.05, 0) is 39.0 Å². The Hall–Kier alpha value is -3.12. The highest BCUT2D eigenvalue weighted by molar-refractivity contribution is 7.91. The molecule has 0 saturated carbocycles. The van der Waals surface area contributed by atoms with Crippen molar-refractivity contribution in [3.63, 3.8) is 0 Å². The molecule has 3 rings (SSSR count). The number of ether oxygens (including phenoxy) is 1. The summed E-state index contributed by atoms with van der Waals surface area (Å²) in [4.78, 5) is 24.8. The molecule has 172 valence electrons. The summed E-state index contributed by atoms with van der Waals surface area (Å²) >= 11 is 0. The monoisotopic (exact) mass is 464 g/mol. The summed E-state index contributed by atoms with van der Waals surface area (Å²) < 4.78 is 45.2. The lowest BCUT2D eigenvalue weighted by molar-refractivity contribution is 0.102. The molecule has 0 fully saturated rings. The summed E-state index contributed by atoms with van der Waals surface area (Å²) in [7, 11) is -1.00. The molecule has 0 saturated heterocycles. The highest BCUT2D eigenvalue weighted by Gasteiger charge is 2.48. The van der Waals surface area contributed by atoms with Crippen LogP contribution in [0.1, 0.15) is 36.8 Å². The molecular weight excluding hydrogens is 439 g/mol. The molecule has 1 unspecified atom stereocenters. The summed E-state index contributed by atoms with van der Waals surface area (Å²) in [6, 6.07) is 3.96. The third-order valence-corrected chi connectivity index (χ3v) is 7.89. The summed E-state index contributed by atoms with van der Waals surface area (Å²) in [5, 5.41) is 2.63. The van der Waals surface area contributed by atoms with Crippen molar-refractivity contribution in [1.29, 1.82) is 0 Å². The van der Waals surface area contributed by atoms with Crippen LogP contribution in [0.25, 0.3) is 0 Å². The van der Waals surface area contributed by atoms with Crippen molar-refractivity contribution in [1.82, 2.24) is 14.3 Å². The predicted octanol–water partition coefficient (Wildman–Crippen LogP) is 1.50. The topological polar surface area (TPSA) is 140 Å². The summed E-state index contributed by atoms with van der Waals surface area (Å²) in [6.45, 7) is 4.35. The van der Waals surface area contributed by atoms with Crippen LogP contribution >= 0.6 is 0 Å². The van der Waals surface area contributed by atoms with Crippen LogP contribution in [0.2, 0.25) is 0 Å². The number of sulfonamides is 1. The Morgan fingerprint density at radius 1 is 1.25 bits per heavy atom. The van der Waals surface area contributed by atoms with Gasteiger partial charge in [-0.25, -0.2) is 27.1 Å². The van der Waals surface area contributed by atoms with E-state index in [9.17, 15) is 17.6 Å². The number of rotatable bonds is 4. The van der Waals surface area contributed by atoms with E-state index in [4.69, 9.17) is 10.5 Å². The Morgan fingerprint density at radius 2 is 1.94 bits per heavy atom. The first-order chi connectivity index (χ1) is 14.8. The maximum absolute atomic E-state index is 14.9. The highest BCUT2D eigenvalue weighted by atomic mass is 32.2. The first-order valence-electron chi connectivity index (χ1n) is 9.61. The first kappa shape index (κ1) is 23.5. The second-order valence-corrected chi connectivity index (χ2v) is 10.7. The van der Waals surface area contributed by atoms with Gasteiger partial charge in [0.05, 0.1) is 19.5 Å². The Kier molecular flexibility index (Phi) is 5.96. The average molecular weight is 465 g/mol. The standard InChI is InChI=1S/C20H25FN6O4S/c1-19(2)18(22)26-20(3,11-27(4)32(19,29)30)13-8-12(6-7-14(13)21)25-17(28)15-9-24-16(31-5)10-23-15/h6-10H,11H2,1-5H3,(H2,22,26)(H,25,28). The fourth-order valence-electron chi connectivity index (χ4n) is 3.37. The number of nitrogens with two attached hydrogens (primary N) is 1. The second-order valence-electron chi connectivity index (χ2n) is 8.14. The van der Waals surface area contributed by atoms with E-state index in [-0.39, 0.29) is 35.2 Å². The van der Waals surface area contributed by atoms with Gasteiger partial charge in [0.1, 0.15) is 27.6 Å². The number of amidine groups is 1. The Morgan fingerprint density at radius 3 is 2.53 bits per heavy atom. The molecule has 12 heteroatoms. The summed E-state index contributed by atoms with van der Waals surface area (Å²) in [5.74, 6) is -1.06. The number of benzene rings is 1. The molecule has 1 aromatic carbocycles. The molecule has 0 radical (unpaired) electrons. The van der Waals surface area contributed by atoms with Gasteiger partial charge < -0.3 is 15.8 Å². The smallest absolute Gasteiger partial charge is 0.275 e. The second kappa shape index (κ2) is 8.10. The number of nitrogens with one attached hydrogen (secondary N) is 1. The fourth-order valence-corrected chi connectivity index (χ4v) is 4.88. The van der Waals surface area contributed by atoms with E-state index in [0.717, 1.165) is 4.31 Å². The van der Waals surface area contributed by atoms with Gasteiger partial charge in [0.25, 0.3) is 5.91 Å². The number of aliphatic imine (C=N–C) groups is 1. The highest BCUT2D eigenvalue weighted by Crippen LogP contribution is 2.36. The third-order valence-electron chi connectivity index (χ3n) is 5.44. The van der Waals surface area contributed by atoms with E-state index in [1.807, 2.05) is 0 Å². The molecule has 10 nitrogen and oxygen atoms in total. The van der Waals surface area contributed by atoms with Gasteiger partial charge in [0, 0.05) is 24.8 Å². The van der Waals surface area contributed by atoms with Crippen molar-refractivity contribution in [3.8, 4) is 5.88 Å². The quantitative estimate of drug-likeness (QED) is 0.699. The largest absolute Gasteiger partial charge is 0.480 e. The van der Waals surface area contributed by atoms with Crippen LogP contribution in [0.15, 0.2) is 35.6 Å². The zero-order valence-corrected chi connectivity index (χ0v) is 19.2. The van der Waals surface area contributed by atoms with Gasteiger partial charge in [0.15, 0.2) is 0 Å². The number of amides is 1. The average Bonchev–Trinajstić information content (AvgIpc) is 2.78. The van der Waals surface area contributed by atoms with Crippen LogP contribution in [-0.2, 0) is 15.6 Å². The number of methoxy groups -OCH3 is 1. The Bertz CT molecular complexity index is 1180. The van der Waals surface area contributed by atoms with Gasteiger partial charge in [-0.3, -0.25) is 9.79 Å². The van der Waals surface area contributed by atoms with Crippen LogP contribution in [0.4, 0.5) is 10.1 Å². The number of halogens is 1. The third kappa shape index (κ3) is 4.02. The molecule has 0 spiro atoms. The molecule has 32 heavy (non-hydrogen) atoms. The molecule has 1 atom stereocenters. The van der Waals surface area contributed by atoms with Crippen molar-refractivity contribution >= 4 is 27.5 Å². The number of hydrogen-bond donors (Lipinski definition) is 2. The van der Waals surface area contributed by atoms with Crippen molar-refractivity contribution in [2.24, 2.45) is 10.7 Å². The molecule has 1 aliphatic rings. The number of anilines is 1. The maximum Gasteiger partial charge on any atom is 0.275 e. The van der Waals surface area contributed by atoms with Gasteiger partial charge >= 0.3 is 0 Å². The SMILES string of the molecule is COc1cnc(C(=O)Nc2ccc(F)c(C3(C)CN(C)S(=O)(=O)C(C)(C)C(N)=N3)c2)cn1.